The number of rotatable bonds is 4. The molecule has 0 aliphatic carbocycles. The fourth-order valence-electron chi connectivity index (χ4n) is 1.45. The molecule has 0 aliphatic heterocycles. The maximum Gasteiger partial charge on any atom is 0.228 e. The molecule has 0 amide bonds. The molecule has 0 saturated carbocycles. The smallest absolute Gasteiger partial charge is 0.228 e. The molecule has 0 aliphatic rings. The van der Waals surface area contributed by atoms with Crippen molar-refractivity contribution in [2.75, 3.05) is 11.1 Å². The van der Waals surface area contributed by atoms with E-state index < -0.39 is 6.17 Å². The van der Waals surface area contributed by atoms with E-state index in [0.29, 0.717) is 5.95 Å². The van der Waals surface area contributed by atoms with Crippen molar-refractivity contribution in [3.63, 3.8) is 0 Å². The van der Waals surface area contributed by atoms with E-state index in [-0.39, 0.29) is 17.8 Å². The molecule has 5 nitrogen and oxygen atoms in total. The molecular formula is C11H14FN5S. The van der Waals surface area contributed by atoms with Crippen LogP contribution < -0.4 is 11.1 Å². The van der Waals surface area contributed by atoms with Crippen LogP contribution in [0, 0.1) is 0 Å². The first-order valence-corrected chi connectivity index (χ1v) is 6.39. The van der Waals surface area contributed by atoms with Gasteiger partial charge < -0.3 is 11.1 Å². The highest BCUT2D eigenvalue weighted by Crippen LogP contribution is 2.22. The van der Waals surface area contributed by atoms with Crippen LogP contribution in [-0.2, 0) is 0 Å². The lowest BCUT2D eigenvalue weighted by atomic mass is 10.3. The molecule has 0 saturated heterocycles. The van der Waals surface area contributed by atoms with E-state index in [2.05, 4.69) is 20.3 Å². The Kier molecular flexibility index (Phi) is 3.71. The minimum absolute atomic E-state index is 0.0189. The Morgan fingerprint density at radius 3 is 2.72 bits per heavy atom. The van der Waals surface area contributed by atoms with Crippen molar-refractivity contribution >= 4 is 23.2 Å². The molecule has 7 heteroatoms. The van der Waals surface area contributed by atoms with Crippen molar-refractivity contribution in [1.29, 1.82) is 0 Å². The van der Waals surface area contributed by atoms with Crippen molar-refractivity contribution in [3.05, 3.63) is 28.2 Å². The zero-order chi connectivity index (χ0) is 13.1. The van der Waals surface area contributed by atoms with Gasteiger partial charge in [0.15, 0.2) is 12.0 Å². The summed E-state index contributed by atoms with van der Waals surface area (Å²) in [5.74, 6) is 0.358. The van der Waals surface area contributed by atoms with Gasteiger partial charge in [0.25, 0.3) is 0 Å². The van der Waals surface area contributed by atoms with Gasteiger partial charge in [-0.1, -0.05) is 6.07 Å². The van der Waals surface area contributed by atoms with Crippen LogP contribution in [0.5, 0.6) is 0 Å². The Morgan fingerprint density at radius 1 is 1.33 bits per heavy atom. The van der Waals surface area contributed by atoms with Gasteiger partial charge in [-0.2, -0.15) is 15.0 Å². The predicted molar refractivity (Wildman–Crippen MR) is 70.1 cm³/mol. The molecule has 2 atom stereocenters. The topological polar surface area (TPSA) is 76.7 Å². The zero-order valence-electron chi connectivity index (χ0n) is 10.1. The molecule has 2 aromatic rings. The average molecular weight is 267 g/mol. The van der Waals surface area contributed by atoms with E-state index in [4.69, 9.17) is 5.73 Å². The number of halogens is 1. The third-order valence-corrected chi connectivity index (χ3v) is 3.40. The van der Waals surface area contributed by atoms with Crippen LogP contribution in [-0.4, -0.2) is 15.0 Å². The van der Waals surface area contributed by atoms with E-state index >= 15 is 0 Å². The quantitative estimate of drug-likeness (QED) is 0.890. The van der Waals surface area contributed by atoms with Crippen LogP contribution in [0.2, 0.25) is 0 Å². The summed E-state index contributed by atoms with van der Waals surface area (Å²) in [7, 11) is 0. The van der Waals surface area contributed by atoms with Crippen molar-refractivity contribution in [2.45, 2.75) is 26.1 Å². The molecular weight excluding hydrogens is 253 g/mol. The normalized spacial score (nSPS) is 14.2. The summed E-state index contributed by atoms with van der Waals surface area (Å²) in [6.45, 7) is 3.34. The number of nitrogens with two attached hydrogens (primary N) is 1. The molecule has 1 unspecified atom stereocenters. The van der Waals surface area contributed by atoms with E-state index in [0.717, 1.165) is 4.88 Å². The highest BCUT2D eigenvalue weighted by molar-refractivity contribution is 7.10. The molecule has 0 fully saturated rings. The third kappa shape index (κ3) is 2.92. The molecule has 3 N–H and O–H groups in total. The van der Waals surface area contributed by atoms with Crippen LogP contribution >= 0.6 is 11.3 Å². The van der Waals surface area contributed by atoms with Crippen LogP contribution in [0.3, 0.4) is 0 Å². The second-order valence-corrected chi connectivity index (χ2v) is 4.85. The predicted octanol–water partition coefficient (Wildman–Crippen LogP) is 2.72. The molecule has 0 bridgehead atoms. The second kappa shape index (κ2) is 5.26. The Labute approximate surface area is 108 Å². The van der Waals surface area contributed by atoms with Gasteiger partial charge in [0, 0.05) is 4.88 Å². The lowest BCUT2D eigenvalue weighted by Gasteiger charge is -2.13. The summed E-state index contributed by atoms with van der Waals surface area (Å²) in [5.41, 5.74) is 5.53. The summed E-state index contributed by atoms with van der Waals surface area (Å²) < 4.78 is 13.2. The summed E-state index contributed by atoms with van der Waals surface area (Å²) in [6.07, 6.45) is -1.27. The standard InChI is InChI=1S/C11H14FN5S/c1-6(12)9-15-10(13)17-11(16-9)14-7(2)8-4-3-5-18-8/h3-7H,1-2H3,(H3,13,14,15,16,17)/t6?,7-/m0/s1. The van der Waals surface area contributed by atoms with Gasteiger partial charge in [0.1, 0.15) is 0 Å². The third-order valence-electron chi connectivity index (χ3n) is 2.34. The molecule has 0 aromatic carbocycles. The molecule has 2 heterocycles. The summed E-state index contributed by atoms with van der Waals surface area (Å²) >= 11 is 1.63. The Morgan fingerprint density at radius 2 is 2.11 bits per heavy atom. The molecule has 2 rings (SSSR count). The molecule has 18 heavy (non-hydrogen) atoms. The first kappa shape index (κ1) is 12.7. The fourth-order valence-corrected chi connectivity index (χ4v) is 2.19. The average Bonchev–Trinajstić information content (AvgIpc) is 2.81. The first-order chi connectivity index (χ1) is 8.56. The number of hydrogen-bond donors (Lipinski definition) is 2. The van der Waals surface area contributed by atoms with E-state index in [1.165, 1.54) is 6.92 Å². The number of alkyl halides is 1. The Bertz CT molecular complexity index is 514. The first-order valence-electron chi connectivity index (χ1n) is 5.51. The summed E-state index contributed by atoms with van der Waals surface area (Å²) in [5, 5.41) is 5.07. The van der Waals surface area contributed by atoms with Gasteiger partial charge >= 0.3 is 0 Å². The van der Waals surface area contributed by atoms with Gasteiger partial charge in [-0.15, -0.1) is 11.3 Å². The van der Waals surface area contributed by atoms with Gasteiger partial charge in [-0.25, -0.2) is 4.39 Å². The summed E-state index contributed by atoms with van der Waals surface area (Å²) in [4.78, 5) is 12.8. The minimum atomic E-state index is -1.27. The van der Waals surface area contributed by atoms with Crippen molar-refractivity contribution in [2.24, 2.45) is 0 Å². The fraction of sp³-hybridized carbons (Fsp3) is 0.364. The van der Waals surface area contributed by atoms with Crippen LogP contribution in [0.25, 0.3) is 0 Å². The SMILES string of the molecule is CC(F)c1nc(N)nc(N[C@@H](C)c2cccs2)n1. The highest BCUT2D eigenvalue weighted by Gasteiger charge is 2.13. The molecule has 0 radical (unpaired) electrons. The number of nitrogens with zero attached hydrogens (tertiary/aromatic N) is 3. The van der Waals surface area contributed by atoms with Crippen molar-refractivity contribution < 1.29 is 4.39 Å². The maximum atomic E-state index is 13.2. The molecule has 0 spiro atoms. The van der Waals surface area contributed by atoms with Gasteiger partial charge in [-0.05, 0) is 25.3 Å². The second-order valence-electron chi connectivity index (χ2n) is 3.87. The maximum absolute atomic E-state index is 13.2. The van der Waals surface area contributed by atoms with Crippen molar-refractivity contribution in [1.82, 2.24) is 15.0 Å². The van der Waals surface area contributed by atoms with Crippen molar-refractivity contribution in [3.8, 4) is 0 Å². The highest BCUT2D eigenvalue weighted by atomic mass is 32.1. The molecule has 2 aromatic heterocycles. The minimum Gasteiger partial charge on any atom is -0.368 e. The van der Waals surface area contributed by atoms with Crippen LogP contribution in [0.15, 0.2) is 17.5 Å². The number of aromatic nitrogens is 3. The van der Waals surface area contributed by atoms with Crippen LogP contribution in [0.1, 0.15) is 36.8 Å². The number of nitrogen functional groups attached to an aromatic ring is 1. The number of anilines is 2. The van der Waals surface area contributed by atoms with Gasteiger partial charge in [0.05, 0.1) is 6.04 Å². The van der Waals surface area contributed by atoms with E-state index in [9.17, 15) is 4.39 Å². The van der Waals surface area contributed by atoms with Gasteiger partial charge in [-0.3, -0.25) is 0 Å². The molecule has 96 valence electrons. The monoisotopic (exact) mass is 267 g/mol. The van der Waals surface area contributed by atoms with E-state index in [1.807, 2.05) is 24.4 Å². The number of hydrogen-bond acceptors (Lipinski definition) is 6. The zero-order valence-corrected chi connectivity index (χ0v) is 10.9. The Hall–Kier alpha value is -1.76. The lowest BCUT2D eigenvalue weighted by molar-refractivity contribution is 0.356. The van der Waals surface area contributed by atoms with Crippen LogP contribution in [0.4, 0.5) is 16.3 Å². The largest absolute Gasteiger partial charge is 0.368 e. The Balaban J connectivity index is 2.18. The summed E-state index contributed by atoms with van der Waals surface area (Å²) in [6, 6.07) is 4.01. The van der Waals surface area contributed by atoms with E-state index in [1.54, 1.807) is 11.3 Å². The number of thiophene rings is 1. The number of nitrogens with one attached hydrogen (secondary N) is 1. The van der Waals surface area contributed by atoms with Gasteiger partial charge in [0.2, 0.25) is 11.9 Å². The lowest BCUT2D eigenvalue weighted by Crippen LogP contribution is -2.12.